The fraction of sp³-hybridized carbons (Fsp3) is 0.613. The number of benzene rings is 1. The number of nitriles is 1. The summed E-state index contributed by atoms with van der Waals surface area (Å²) in [5.74, 6) is 0.940. The van der Waals surface area contributed by atoms with Crippen LogP contribution in [0.25, 0.3) is 0 Å². The Bertz CT molecular complexity index is 1240. The van der Waals surface area contributed by atoms with Crippen molar-refractivity contribution in [3.05, 3.63) is 47.0 Å². The molecule has 2 aliphatic heterocycles. The Balaban J connectivity index is 0.00000147. The van der Waals surface area contributed by atoms with Crippen molar-refractivity contribution in [3.8, 4) is 6.07 Å². The zero-order valence-corrected chi connectivity index (χ0v) is 26.2. The third kappa shape index (κ3) is 9.20. The minimum Gasteiger partial charge on any atom is -0.381 e. The number of piperidine rings is 1. The molecule has 0 aliphatic carbocycles. The van der Waals surface area contributed by atoms with Crippen molar-refractivity contribution in [3.63, 3.8) is 0 Å². The van der Waals surface area contributed by atoms with E-state index in [1.165, 1.54) is 11.3 Å². The third-order valence-corrected chi connectivity index (χ3v) is 9.93. The molecular formula is C31H44N4O5Si. The van der Waals surface area contributed by atoms with E-state index in [-0.39, 0.29) is 36.2 Å². The first-order valence-corrected chi connectivity index (χ1v) is 18.2. The molecule has 2 saturated heterocycles. The van der Waals surface area contributed by atoms with Gasteiger partial charge in [-0.1, -0.05) is 45.6 Å². The Hall–Kier alpha value is -3.09. The van der Waals surface area contributed by atoms with Crippen molar-refractivity contribution in [2.24, 2.45) is 5.92 Å². The van der Waals surface area contributed by atoms with E-state index < -0.39 is 8.07 Å². The largest absolute Gasteiger partial charge is 0.381 e. The van der Waals surface area contributed by atoms with Gasteiger partial charge in [0.05, 0.1) is 0 Å². The molecule has 3 heterocycles. The van der Waals surface area contributed by atoms with E-state index in [0.29, 0.717) is 12.4 Å². The van der Waals surface area contributed by atoms with Crippen LogP contribution in [0, 0.1) is 17.2 Å². The second-order valence-corrected chi connectivity index (χ2v) is 18.4. The number of rotatable bonds is 10. The molecule has 41 heavy (non-hydrogen) atoms. The number of hydrogen-bond acceptors (Lipinski definition) is 8. The molecule has 0 spiro atoms. The second-order valence-electron chi connectivity index (χ2n) is 12.7. The standard InChI is InChI=1S/C30H44N4O3Si.CO2/c1-23-8-12-33(13-9-23)27-19-25(30(2)10-14-36-15-11-30)7-6-24(27)18-28(35)29-32-26(20-31)21-34(29)22-37-16-17-38(3,4)5;2-1-3/h6-7,19,21,23H,8-18,22H2,1-5H3;. The van der Waals surface area contributed by atoms with E-state index in [1.54, 1.807) is 10.8 Å². The van der Waals surface area contributed by atoms with E-state index in [9.17, 15) is 10.1 Å². The van der Waals surface area contributed by atoms with Gasteiger partial charge in [0.25, 0.3) is 0 Å². The Morgan fingerprint density at radius 2 is 1.85 bits per heavy atom. The van der Waals surface area contributed by atoms with Crippen LogP contribution in [0.3, 0.4) is 0 Å². The number of Topliss-reactive ketones (excluding diaryl/α,β-unsaturated/α-hetero) is 1. The van der Waals surface area contributed by atoms with Gasteiger partial charge in [-0.15, -0.1) is 0 Å². The summed E-state index contributed by atoms with van der Waals surface area (Å²) < 4.78 is 13.2. The Morgan fingerprint density at radius 3 is 2.46 bits per heavy atom. The van der Waals surface area contributed by atoms with E-state index in [1.807, 2.05) is 0 Å². The van der Waals surface area contributed by atoms with E-state index in [0.717, 1.165) is 69.5 Å². The molecule has 1 aromatic heterocycles. The van der Waals surface area contributed by atoms with Crippen molar-refractivity contribution in [1.29, 1.82) is 5.26 Å². The lowest BCUT2D eigenvalue weighted by Gasteiger charge is -2.37. The fourth-order valence-corrected chi connectivity index (χ4v) is 6.08. The van der Waals surface area contributed by atoms with Crippen molar-refractivity contribution in [1.82, 2.24) is 9.55 Å². The summed E-state index contributed by atoms with van der Waals surface area (Å²) in [6.07, 6.45) is 6.46. The number of hydrogen-bond donors (Lipinski definition) is 0. The average molecular weight is 581 g/mol. The molecule has 0 unspecified atom stereocenters. The highest BCUT2D eigenvalue weighted by molar-refractivity contribution is 6.76. The lowest BCUT2D eigenvalue weighted by molar-refractivity contribution is -0.191. The topological polar surface area (TPSA) is 115 Å². The zero-order chi connectivity index (χ0) is 30.0. The quantitative estimate of drug-likeness (QED) is 0.214. The maximum Gasteiger partial charge on any atom is 0.373 e. The molecule has 4 rings (SSSR count). The van der Waals surface area contributed by atoms with Gasteiger partial charge in [0, 0.05) is 59.3 Å². The molecule has 0 amide bonds. The van der Waals surface area contributed by atoms with Crippen LogP contribution in [0.5, 0.6) is 0 Å². The number of carbonyl (C=O) groups is 1. The predicted molar refractivity (Wildman–Crippen MR) is 159 cm³/mol. The molecule has 2 aromatic rings. The highest BCUT2D eigenvalue weighted by atomic mass is 28.3. The second kappa shape index (κ2) is 14.7. The maximum atomic E-state index is 13.6. The Morgan fingerprint density at radius 1 is 1.20 bits per heavy atom. The van der Waals surface area contributed by atoms with Gasteiger partial charge >= 0.3 is 6.15 Å². The van der Waals surface area contributed by atoms with Crippen molar-refractivity contribution < 1.29 is 23.9 Å². The smallest absolute Gasteiger partial charge is 0.373 e. The summed E-state index contributed by atoms with van der Waals surface area (Å²) in [5.41, 5.74) is 3.85. The van der Waals surface area contributed by atoms with Crippen LogP contribution in [0.1, 0.15) is 67.0 Å². The molecule has 0 bridgehead atoms. The van der Waals surface area contributed by atoms with Crippen LogP contribution in [0.2, 0.25) is 25.7 Å². The number of imidazole rings is 1. The Labute approximate surface area is 244 Å². The maximum absolute atomic E-state index is 13.6. The SMILES string of the molecule is CC1CCN(c2cc(C3(C)CCOCC3)ccc2CC(=O)c2nc(C#N)cn2COCC[Si](C)(C)C)CC1.O=C=O. The predicted octanol–water partition coefficient (Wildman–Crippen LogP) is 5.21. The molecular weight excluding hydrogens is 536 g/mol. The molecule has 9 nitrogen and oxygen atoms in total. The minimum absolute atomic E-state index is 0.0862. The molecule has 0 atom stereocenters. The molecule has 0 saturated carbocycles. The summed E-state index contributed by atoms with van der Waals surface area (Å²) in [6.45, 7) is 16.0. The molecule has 2 aliphatic rings. The van der Waals surface area contributed by atoms with Gasteiger partial charge in [0.15, 0.2) is 11.5 Å². The van der Waals surface area contributed by atoms with Gasteiger partial charge in [-0.3, -0.25) is 4.79 Å². The summed E-state index contributed by atoms with van der Waals surface area (Å²) in [4.78, 5) is 36.7. The highest BCUT2D eigenvalue weighted by Crippen LogP contribution is 2.38. The van der Waals surface area contributed by atoms with Crippen LogP contribution in [-0.2, 0) is 37.6 Å². The molecule has 0 N–H and O–H groups in total. The van der Waals surface area contributed by atoms with E-state index >= 15 is 0 Å². The van der Waals surface area contributed by atoms with E-state index in [2.05, 4.69) is 67.6 Å². The lowest BCUT2D eigenvalue weighted by atomic mass is 9.75. The van der Waals surface area contributed by atoms with Gasteiger partial charge < -0.3 is 18.9 Å². The van der Waals surface area contributed by atoms with Gasteiger partial charge in [0.1, 0.15) is 12.8 Å². The lowest BCUT2D eigenvalue weighted by Crippen LogP contribution is -2.35. The Kier molecular flexibility index (Phi) is 11.6. The first kappa shape index (κ1) is 32.4. The summed E-state index contributed by atoms with van der Waals surface area (Å²) >= 11 is 0. The summed E-state index contributed by atoms with van der Waals surface area (Å²) in [6, 6.07) is 9.81. The number of ether oxygens (including phenoxy) is 2. The average Bonchev–Trinajstić information content (AvgIpc) is 3.36. The molecule has 0 radical (unpaired) electrons. The van der Waals surface area contributed by atoms with Crippen LogP contribution in [0.15, 0.2) is 24.4 Å². The number of aromatic nitrogens is 2. The number of nitrogens with zero attached hydrogens (tertiary/aromatic N) is 4. The first-order valence-electron chi connectivity index (χ1n) is 14.5. The van der Waals surface area contributed by atoms with Crippen LogP contribution in [0.4, 0.5) is 5.69 Å². The van der Waals surface area contributed by atoms with Gasteiger partial charge in [0.2, 0.25) is 5.78 Å². The molecule has 2 fully saturated rings. The van der Waals surface area contributed by atoms with Crippen LogP contribution >= 0.6 is 0 Å². The molecule has 10 heteroatoms. The van der Waals surface area contributed by atoms with Gasteiger partial charge in [-0.25, -0.2) is 4.98 Å². The summed E-state index contributed by atoms with van der Waals surface area (Å²) in [7, 11) is -1.21. The van der Waals surface area contributed by atoms with Crippen molar-refractivity contribution >= 4 is 25.7 Å². The number of anilines is 1. The third-order valence-electron chi connectivity index (χ3n) is 8.22. The van der Waals surface area contributed by atoms with E-state index in [4.69, 9.17) is 19.1 Å². The monoisotopic (exact) mass is 580 g/mol. The van der Waals surface area contributed by atoms with Crippen molar-refractivity contribution in [2.75, 3.05) is 37.8 Å². The normalized spacial score (nSPS) is 17.2. The molecule has 222 valence electrons. The summed E-state index contributed by atoms with van der Waals surface area (Å²) in [5, 5.41) is 9.45. The van der Waals surface area contributed by atoms with Gasteiger partial charge in [-0.05, 0) is 60.3 Å². The number of ketones is 1. The first-order chi connectivity index (χ1) is 19.5. The fourth-order valence-electron chi connectivity index (χ4n) is 5.33. The van der Waals surface area contributed by atoms with Gasteiger partial charge in [-0.2, -0.15) is 14.9 Å². The van der Waals surface area contributed by atoms with Crippen LogP contribution in [-0.4, -0.2) is 62.5 Å². The van der Waals surface area contributed by atoms with Crippen molar-refractivity contribution in [2.45, 2.75) is 83.8 Å². The minimum atomic E-state index is -1.21. The highest BCUT2D eigenvalue weighted by Gasteiger charge is 2.31. The molecule has 1 aromatic carbocycles. The van der Waals surface area contributed by atoms with Crippen LogP contribution < -0.4 is 4.90 Å². The zero-order valence-electron chi connectivity index (χ0n) is 25.2. The number of carbonyl (C=O) groups excluding carboxylic acids is 3.